The van der Waals surface area contributed by atoms with Gasteiger partial charge in [0.05, 0.1) is 27.7 Å². The molecule has 0 aromatic heterocycles. The second kappa shape index (κ2) is 11.3. The number of quaternary nitrogens is 1. The molecule has 0 saturated heterocycles. The van der Waals surface area contributed by atoms with Gasteiger partial charge in [-0.05, 0) is 4.47 Å². The van der Waals surface area contributed by atoms with Crippen molar-refractivity contribution in [3.63, 3.8) is 0 Å². The SMILES string of the molecule is C[N+](C)(C)C[c-]1cccc1-c1ccccc1Br.[Fe].[I-].[cH-]1[cH-][cH-][cH-][cH-]1. The van der Waals surface area contributed by atoms with E-state index < -0.39 is 0 Å². The number of nitrogens with zero attached hydrogens (tertiary/aromatic N) is 1. The summed E-state index contributed by atoms with van der Waals surface area (Å²) in [6.07, 6.45) is 0. The Morgan fingerprint density at radius 2 is 1.46 bits per heavy atom. The molecule has 24 heavy (non-hydrogen) atoms. The molecule has 0 aliphatic rings. The summed E-state index contributed by atoms with van der Waals surface area (Å²) in [6.45, 7) is 1.05. The van der Waals surface area contributed by atoms with Crippen molar-refractivity contribution in [2.75, 3.05) is 21.1 Å². The van der Waals surface area contributed by atoms with E-state index in [1.807, 2.05) is 30.3 Å². The van der Waals surface area contributed by atoms with Crippen molar-refractivity contribution >= 4 is 15.9 Å². The fourth-order valence-electron chi connectivity index (χ4n) is 2.37. The molecule has 0 aliphatic heterocycles. The first-order valence-corrected chi connectivity index (χ1v) is 8.23. The number of rotatable bonds is 3. The van der Waals surface area contributed by atoms with Gasteiger partial charge >= 0.3 is 0 Å². The van der Waals surface area contributed by atoms with Crippen LogP contribution >= 0.6 is 15.9 Å². The van der Waals surface area contributed by atoms with Gasteiger partial charge in [0.15, 0.2) is 0 Å². The fourth-order valence-corrected chi connectivity index (χ4v) is 2.87. The van der Waals surface area contributed by atoms with E-state index in [2.05, 4.69) is 79.5 Å². The van der Waals surface area contributed by atoms with Crippen molar-refractivity contribution in [3.8, 4) is 11.1 Å². The molecule has 3 aromatic carbocycles. The van der Waals surface area contributed by atoms with Crippen molar-refractivity contribution < 1.29 is 45.5 Å². The van der Waals surface area contributed by atoms with Gasteiger partial charge < -0.3 is 58.8 Å². The van der Waals surface area contributed by atoms with Gasteiger partial charge in [-0.3, -0.25) is 0 Å². The molecule has 0 saturated carbocycles. The third kappa shape index (κ3) is 7.66. The predicted molar refractivity (Wildman–Crippen MR) is 98.9 cm³/mol. The molecule has 0 amide bonds. The quantitative estimate of drug-likeness (QED) is 0.208. The molecule has 0 spiro atoms. The summed E-state index contributed by atoms with van der Waals surface area (Å²) in [7, 11) is 6.66. The largest absolute Gasteiger partial charge is 1.00 e. The van der Waals surface area contributed by atoms with Crippen LogP contribution in [-0.2, 0) is 23.6 Å². The number of benzene rings is 1. The summed E-state index contributed by atoms with van der Waals surface area (Å²) in [5.41, 5.74) is 4.02. The summed E-state index contributed by atoms with van der Waals surface area (Å²) in [5, 5.41) is 0. The standard InChI is InChI=1S/C15H18BrN.C5H5.Fe.HI/c1-17(2,3)11-12-7-6-9-13(12)14-8-4-5-10-15(14)16;1-2-4-5-3-1;;/h4-10H,11H2,1-3H3;1-5H;;1H/q;-5;;/p-1. The summed E-state index contributed by atoms with van der Waals surface area (Å²) in [5.74, 6) is 0. The zero-order valence-corrected chi connectivity index (χ0v) is 19.0. The van der Waals surface area contributed by atoms with Crippen LogP contribution in [-0.4, -0.2) is 25.6 Å². The van der Waals surface area contributed by atoms with E-state index in [4.69, 9.17) is 0 Å². The minimum Gasteiger partial charge on any atom is -1.00 e. The fraction of sp³-hybridized carbons (Fsp3) is 0.200. The van der Waals surface area contributed by atoms with Crippen LogP contribution in [0.15, 0.2) is 77.3 Å². The molecule has 0 radical (unpaired) electrons. The minimum atomic E-state index is 0. The molecule has 0 heterocycles. The summed E-state index contributed by atoms with van der Waals surface area (Å²) in [6, 6.07) is 25.0. The Morgan fingerprint density at radius 1 is 0.917 bits per heavy atom. The van der Waals surface area contributed by atoms with Crippen molar-refractivity contribution in [2.45, 2.75) is 6.54 Å². The Balaban J connectivity index is 0.000000652. The van der Waals surface area contributed by atoms with Gasteiger partial charge in [-0.1, -0.05) is 51.3 Å². The van der Waals surface area contributed by atoms with Crippen LogP contribution in [0.1, 0.15) is 5.56 Å². The maximum absolute atomic E-state index is 3.63. The number of halogens is 2. The Labute approximate surface area is 182 Å². The molecule has 3 aromatic rings. The van der Waals surface area contributed by atoms with Crippen LogP contribution in [0, 0.1) is 0 Å². The molecule has 3 rings (SSSR count). The van der Waals surface area contributed by atoms with E-state index in [0.717, 1.165) is 15.5 Å². The van der Waals surface area contributed by atoms with Crippen LogP contribution in [0.4, 0.5) is 0 Å². The van der Waals surface area contributed by atoms with Crippen LogP contribution in [0.5, 0.6) is 0 Å². The van der Waals surface area contributed by atoms with Gasteiger partial charge in [0.1, 0.15) is 0 Å². The van der Waals surface area contributed by atoms with E-state index in [9.17, 15) is 0 Å². The van der Waals surface area contributed by atoms with Crippen molar-refractivity contribution in [1.82, 2.24) is 0 Å². The Hall–Kier alpha value is -0.391. The molecule has 0 aliphatic carbocycles. The Kier molecular flexibility index (Phi) is 11.1. The minimum absolute atomic E-state index is 0. The third-order valence-electron chi connectivity index (χ3n) is 3.27. The first-order chi connectivity index (χ1) is 10.5. The molecule has 0 bridgehead atoms. The van der Waals surface area contributed by atoms with E-state index in [-0.39, 0.29) is 41.0 Å². The second-order valence-corrected chi connectivity index (χ2v) is 7.21. The molecule has 136 valence electrons. The van der Waals surface area contributed by atoms with Gasteiger partial charge in [-0.25, -0.2) is 0 Å². The molecule has 0 fully saturated rings. The van der Waals surface area contributed by atoms with E-state index in [1.54, 1.807) is 0 Å². The van der Waals surface area contributed by atoms with Gasteiger partial charge in [-0.2, -0.15) is 12.1 Å². The average molecular weight is 540 g/mol. The summed E-state index contributed by atoms with van der Waals surface area (Å²) in [4.78, 5) is 0. The molecular weight excluding hydrogens is 517 g/mol. The molecular formula is C20H23BrFeIN-6. The number of hydrogen-bond acceptors (Lipinski definition) is 0. The summed E-state index contributed by atoms with van der Waals surface area (Å²) < 4.78 is 2.11. The Bertz CT molecular complexity index is 667. The average Bonchev–Trinajstić information content (AvgIpc) is 3.11. The van der Waals surface area contributed by atoms with E-state index in [1.165, 1.54) is 16.7 Å². The molecule has 0 atom stereocenters. The maximum Gasteiger partial charge on any atom is 0.0708 e. The van der Waals surface area contributed by atoms with Crippen molar-refractivity contribution in [1.29, 1.82) is 0 Å². The van der Waals surface area contributed by atoms with E-state index in [0.29, 0.717) is 0 Å². The van der Waals surface area contributed by atoms with Gasteiger partial charge in [0, 0.05) is 17.1 Å². The zero-order chi connectivity index (χ0) is 16.0. The van der Waals surface area contributed by atoms with Crippen molar-refractivity contribution in [3.05, 3.63) is 82.8 Å². The molecule has 1 nitrogen and oxygen atoms in total. The van der Waals surface area contributed by atoms with Crippen LogP contribution < -0.4 is 24.0 Å². The first kappa shape index (κ1) is 23.6. The summed E-state index contributed by atoms with van der Waals surface area (Å²) >= 11 is 3.63. The van der Waals surface area contributed by atoms with Gasteiger partial charge in [-0.15, -0.1) is 11.6 Å². The normalized spacial score (nSPS) is 10.0. The number of hydrogen-bond donors (Lipinski definition) is 0. The van der Waals surface area contributed by atoms with Crippen LogP contribution in [0.2, 0.25) is 0 Å². The van der Waals surface area contributed by atoms with Crippen LogP contribution in [0.25, 0.3) is 11.1 Å². The maximum atomic E-state index is 3.63. The monoisotopic (exact) mass is 539 g/mol. The zero-order valence-electron chi connectivity index (χ0n) is 14.2. The first-order valence-electron chi connectivity index (χ1n) is 7.44. The van der Waals surface area contributed by atoms with Gasteiger partial charge in [0.2, 0.25) is 0 Å². The molecule has 0 unspecified atom stereocenters. The second-order valence-electron chi connectivity index (χ2n) is 6.36. The predicted octanol–water partition coefficient (Wildman–Crippen LogP) is 2.45. The third-order valence-corrected chi connectivity index (χ3v) is 3.96. The van der Waals surface area contributed by atoms with Crippen molar-refractivity contribution in [2.24, 2.45) is 0 Å². The smallest absolute Gasteiger partial charge is 0.0708 e. The Morgan fingerprint density at radius 3 is 1.96 bits per heavy atom. The topological polar surface area (TPSA) is 0 Å². The van der Waals surface area contributed by atoms with Crippen LogP contribution in [0.3, 0.4) is 0 Å². The molecule has 4 heteroatoms. The van der Waals surface area contributed by atoms with Gasteiger partial charge in [0.25, 0.3) is 0 Å². The van der Waals surface area contributed by atoms with E-state index >= 15 is 0 Å². The molecule has 0 N–H and O–H groups in total.